The minimum atomic E-state index is -0.957. The molecule has 142 valence electrons. The van der Waals surface area contributed by atoms with Gasteiger partial charge in [0, 0.05) is 28.7 Å². The number of anilines is 2. The van der Waals surface area contributed by atoms with Gasteiger partial charge in [0.25, 0.3) is 0 Å². The third-order valence-corrected chi connectivity index (χ3v) is 4.04. The molecule has 8 heteroatoms. The van der Waals surface area contributed by atoms with E-state index < -0.39 is 17.7 Å². The van der Waals surface area contributed by atoms with Gasteiger partial charge in [-0.15, -0.1) is 5.10 Å². The molecule has 0 spiro atoms. The van der Waals surface area contributed by atoms with Gasteiger partial charge >= 0.3 is 0 Å². The first-order valence-electron chi connectivity index (χ1n) is 8.66. The Kier molecular flexibility index (Phi) is 5.46. The van der Waals surface area contributed by atoms with Crippen molar-refractivity contribution in [2.45, 2.75) is 39.8 Å². The highest BCUT2D eigenvalue weighted by Gasteiger charge is 2.16. The fourth-order valence-electron chi connectivity index (χ4n) is 2.73. The fraction of sp³-hybridized carbons (Fsp3) is 0.316. The van der Waals surface area contributed by atoms with Crippen molar-refractivity contribution in [3.05, 3.63) is 53.4 Å². The largest absolute Gasteiger partial charge is 0.391 e. The molecule has 27 heavy (non-hydrogen) atoms. The Labute approximate surface area is 155 Å². The second-order valence-electron chi connectivity index (χ2n) is 6.40. The molecule has 0 fully saturated rings. The van der Waals surface area contributed by atoms with E-state index >= 15 is 0 Å². The number of nitrogens with zero attached hydrogens (tertiary/aromatic N) is 4. The maximum absolute atomic E-state index is 13.4. The molecule has 1 aromatic carbocycles. The normalized spacial score (nSPS) is 12.2. The van der Waals surface area contributed by atoms with E-state index in [1.165, 1.54) is 6.07 Å². The van der Waals surface area contributed by atoms with E-state index in [0.29, 0.717) is 17.9 Å². The first-order chi connectivity index (χ1) is 12.9. The van der Waals surface area contributed by atoms with Gasteiger partial charge in [-0.05, 0) is 44.5 Å². The molecule has 0 aliphatic rings. The quantitative estimate of drug-likeness (QED) is 0.688. The summed E-state index contributed by atoms with van der Waals surface area (Å²) >= 11 is 0. The van der Waals surface area contributed by atoms with E-state index in [9.17, 15) is 13.9 Å². The van der Waals surface area contributed by atoms with Crippen LogP contribution in [0.15, 0.2) is 30.3 Å². The highest BCUT2D eigenvalue weighted by molar-refractivity contribution is 5.60. The first kappa shape index (κ1) is 18.9. The van der Waals surface area contributed by atoms with Gasteiger partial charge in [-0.2, -0.15) is 4.98 Å². The number of nitrogens with one attached hydrogen (secondary N) is 1. The molecule has 0 unspecified atom stereocenters. The zero-order valence-corrected chi connectivity index (χ0v) is 15.4. The molecule has 1 atom stereocenters. The van der Waals surface area contributed by atoms with Gasteiger partial charge in [-0.1, -0.05) is 6.92 Å². The second kappa shape index (κ2) is 7.79. The summed E-state index contributed by atoms with van der Waals surface area (Å²) in [4.78, 5) is 8.84. The van der Waals surface area contributed by atoms with Crippen LogP contribution in [-0.2, 0) is 6.54 Å². The summed E-state index contributed by atoms with van der Waals surface area (Å²) in [6.45, 7) is 5.91. The van der Waals surface area contributed by atoms with Crippen LogP contribution in [0, 0.1) is 25.5 Å². The van der Waals surface area contributed by atoms with Gasteiger partial charge in [0.1, 0.15) is 0 Å². The SMILES string of the molecule is CC[C@H](O)Cn1nc(Nc2ccc(F)c(F)c2)nc1-c1cc(C)nc(C)c1. The molecule has 0 saturated carbocycles. The lowest BCUT2D eigenvalue weighted by atomic mass is 10.2. The lowest BCUT2D eigenvalue weighted by molar-refractivity contribution is 0.146. The number of aromatic nitrogens is 4. The van der Waals surface area contributed by atoms with Crippen LogP contribution in [0.2, 0.25) is 0 Å². The number of halogens is 2. The maximum atomic E-state index is 13.4. The molecular formula is C19H21F2N5O. The Morgan fingerprint density at radius 3 is 2.41 bits per heavy atom. The number of benzene rings is 1. The Morgan fingerprint density at radius 1 is 1.07 bits per heavy atom. The average Bonchev–Trinajstić information content (AvgIpc) is 2.99. The van der Waals surface area contributed by atoms with E-state index in [1.807, 2.05) is 32.9 Å². The second-order valence-corrected chi connectivity index (χ2v) is 6.40. The summed E-state index contributed by atoms with van der Waals surface area (Å²) in [7, 11) is 0. The van der Waals surface area contributed by atoms with Crippen molar-refractivity contribution in [3.63, 3.8) is 0 Å². The van der Waals surface area contributed by atoms with Gasteiger partial charge in [0.15, 0.2) is 17.5 Å². The predicted molar refractivity (Wildman–Crippen MR) is 98.7 cm³/mol. The molecule has 0 aliphatic heterocycles. The molecule has 6 nitrogen and oxygen atoms in total. The number of aliphatic hydroxyl groups excluding tert-OH is 1. The monoisotopic (exact) mass is 373 g/mol. The Morgan fingerprint density at radius 2 is 1.78 bits per heavy atom. The molecule has 2 N–H and O–H groups in total. The lowest BCUT2D eigenvalue weighted by Crippen LogP contribution is -2.17. The average molecular weight is 373 g/mol. The van der Waals surface area contributed by atoms with Crippen molar-refractivity contribution < 1.29 is 13.9 Å². The number of hydrogen-bond acceptors (Lipinski definition) is 5. The Balaban J connectivity index is 1.99. The Hall–Kier alpha value is -2.87. The minimum Gasteiger partial charge on any atom is -0.391 e. The highest BCUT2D eigenvalue weighted by atomic mass is 19.2. The van der Waals surface area contributed by atoms with Crippen molar-refractivity contribution >= 4 is 11.6 Å². The van der Waals surface area contributed by atoms with Crippen LogP contribution in [0.25, 0.3) is 11.4 Å². The number of aliphatic hydroxyl groups is 1. The van der Waals surface area contributed by atoms with Crippen LogP contribution in [0.4, 0.5) is 20.4 Å². The highest BCUT2D eigenvalue weighted by Crippen LogP contribution is 2.23. The van der Waals surface area contributed by atoms with Gasteiger partial charge in [0.05, 0.1) is 12.6 Å². The summed E-state index contributed by atoms with van der Waals surface area (Å²) in [5.74, 6) is -1.09. The van der Waals surface area contributed by atoms with Crippen molar-refractivity contribution in [2.24, 2.45) is 0 Å². The van der Waals surface area contributed by atoms with Crippen LogP contribution < -0.4 is 5.32 Å². The van der Waals surface area contributed by atoms with E-state index in [-0.39, 0.29) is 12.5 Å². The third kappa shape index (κ3) is 4.46. The fourth-order valence-corrected chi connectivity index (χ4v) is 2.73. The first-order valence-corrected chi connectivity index (χ1v) is 8.66. The molecule has 0 amide bonds. The number of aryl methyl sites for hydroxylation is 2. The van der Waals surface area contributed by atoms with Crippen LogP contribution in [0.3, 0.4) is 0 Å². The zero-order chi connectivity index (χ0) is 19.6. The van der Waals surface area contributed by atoms with Gasteiger partial charge in [0.2, 0.25) is 5.95 Å². The summed E-state index contributed by atoms with van der Waals surface area (Å²) in [6, 6.07) is 7.24. The molecule has 2 aromatic heterocycles. The zero-order valence-electron chi connectivity index (χ0n) is 15.4. The molecular weight excluding hydrogens is 352 g/mol. The van der Waals surface area contributed by atoms with Crippen molar-refractivity contribution in [3.8, 4) is 11.4 Å². The molecule has 0 radical (unpaired) electrons. The minimum absolute atomic E-state index is 0.228. The summed E-state index contributed by atoms with van der Waals surface area (Å²) in [5.41, 5.74) is 2.82. The molecule has 0 bridgehead atoms. The summed E-state index contributed by atoms with van der Waals surface area (Å²) < 4.78 is 28.2. The van der Waals surface area contributed by atoms with Crippen LogP contribution in [0.1, 0.15) is 24.7 Å². The van der Waals surface area contributed by atoms with Crippen LogP contribution in [-0.4, -0.2) is 31.0 Å². The van der Waals surface area contributed by atoms with E-state index in [4.69, 9.17) is 0 Å². The molecule has 2 heterocycles. The van der Waals surface area contributed by atoms with Gasteiger partial charge in [-0.25, -0.2) is 13.5 Å². The van der Waals surface area contributed by atoms with Crippen LogP contribution in [0.5, 0.6) is 0 Å². The number of pyridine rings is 1. The Bertz CT molecular complexity index is 937. The van der Waals surface area contributed by atoms with E-state index in [0.717, 1.165) is 29.1 Å². The smallest absolute Gasteiger partial charge is 0.247 e. The molecule has 0 aliphatic carbocycles. The molecule has 0 saturated heterocycles. The summed E-state index contributed by atoms with van der Waals surface area (Å²) in [5, 5.41) is 17.3. The topological polar surface area (TPSA) is 75.9 Å². The van der Waals surface area contributed by atoms with Gasteiger partial charge < -0.3 is 10.4 Å². The maximum Gasteiger partial charge on any atom is 0.247 e. The molecule has 3 aromatic rings. The van der Waals surface area contributed by atoms with Crippen molar-refractivity contribution in [1.29, 1.82) is 0 Å². The lowest BCUT2D eigenvalue weighted by Gasteiger charge is -2.10. The summed E-state index contributed by atoms with van der Waals surface area (Å²) in [6.07, 6.45) is -0.00907. The van der Waals surface area contributed by atoms with Crippen molar-refractivity contribution in [1.82, 2.24) is 19.7 Å². The molecule has 3 rings (SSSR count). The van der Waals surface area contributed by atoms with Crippen LogP contribution >= 0.6 is 0 Å². The predicted octanol–water partition coefficient (Wildman–Crippen LogP) is 3.75. The van der Waals surface area contributed by atoms with Crippen molar-refractivity contribution in [2.75, 3.05) is 5.32 Å². The standard InChI is InChI=1S/C19H21F2N5O/c1-4-15(27)10-26-18(13-7-11(2)22-12(3)8-13)24-19(25-26)23-14-5-6-16(20)17(21)9-14/h5-9,15,27H,4,10H2,1-3H3,(H,23,25)/t15-/m0/s1. The number of rotatable bonds is 6. The van der Waals surface area contributed by atoms with Gasteiger partial charge in [-0.3, -0.25) is 4.98 Å². The third-order valence-electron chi connectivity index (χ3n) is 4.04. The van der Waals surface area contributed by atoms with E-state index in [2.05, 4.69) is 20.4 Å². The van der Waals surface area contributed by atoms with E-state index in [1.54, 1.807) is 4.68 Å². The number of hydrogen-bond donors (Lipinski definition) is 2.